The predicted molar refractivity (Wildman–Crippen MR) is 66.1 cm³/mol. The summed E-state index contributed by atoms with van der Waals surface area (Å²) in [6, 6.07) is 10.2. The first-order chi connectivity index (χ1) is 9.11. The van der Waals surface area contributed by atoms with Crippen molar-refractivity contribution in [3.8, 4) is 36.4 Å². The third kappa shape index (κ3) is 1.65. The Balaban J connectivity index is 7.01. The molecule has 98 valence electrons. The Morgan fingerprint density at radius 1 is 0.450 bits per heavy atom. The number of hydrogen-bond donors (Lipinski definition) is 0. The number of rotatable bonds is 3. The Morgan fingerprint density at radius 3 is 0.750 bits per heavy atom. The summed E-state index contributed by atoms with van der Waals surface area (Å²) in [5.74, 6) is 0. The van der Waals surface area contributed by atoms with Crippen LogP contribution in [0.5, 0.6) is 0 Å². The van der Waals surface area contributed by atoms with E-state index in [-0.39, 0.29) is 0 Å². The van der Waals surface area contributed by atoms with Crippen molar-refractivity contribution in [3.05, 3.63) is 0 Å². The van der Waals surface area contributed by atoms with Crippen LogP contribution in [-0.4, -0.2) is 0 Å². The zero-order valence-electron chi connectivity index (χ0n) is 11.7. The van der Waals surface area contributed by atoms with Crippen LogP contribution in [0.3, 0.4) is 0 Å². The molecule has 0 aromatic rings. The van der Waals surface area contributed by atoms with E-state index in [9.17, 15) is 31.6 Å². The molecule has 0 aromatic carbocycles. The minimum atomic E-state index is -2.27. The maximum Gasteiger partial charge on any atom is 0.194 e. The number of nitrogens with zero attached hydrogens (tertiary/aromatic N) is 6. The van der Waals surface area contributed by atoms with Crippen molar-refractivity contribution in [1.82, 2.24) is 0 Å². The summed E-state index contributed by atoms with van der Waals surface area (Å²) in [6.45, 7) is 5.21. The molecule has 0 saturated heterocycles. The summed E-state index contributed by atoms with van der Waals surface area (Å²) in [5.41, 5.74) is -7.76. The molecule has 20 heavy (non-hydrogen) atoms. The van der Waals surface area contributed by atoms with E-state index in [2.05, 4.69) is 0 Å². The van der Waals surface area contributed by atoms with E-state index in [4.69, 9.17) is 0 Å². The van der Waals surface area contributed by atoms with E-state index in [1.54, 1.807) is 36.4 Å². The van der Waals surface area contributed by atoms with Crippen LogP contribution in [0.4, 0.5) is 0 Å². The third-order valence-electron chi connectivity index (χ3n) is 3.67. The molecule has 0 amide bonds. The molecule has 0 atom stereocenters. The maximum atomic E-state index is 9.46. The number of nitriles is 6. The van der Waals surface area contributed by atoms with E-state index < -0.39 is 21.7 Å². The summed E-state index contributed by atoms with van der Waals surface area (Å²) in [5, 5.41) is 56.3. The summed E-state index contributed by atoms with van der Waals surface area (Å²) >= 11 is 0. The molecule has 0 fully saturated rings. The molecule has 0 radical (unpaired) electrons. The molecule has 0 aliphatic heterocycles. The Bertz CT molecular complexity index is 569. The second-order valence-electron chi connectivity index (χ2n) is 5.42. The minimum absolute atomic E-state index is 1.30. The van der Waals surface area contributed by atoms with Crippen molar-refractivity contribution < 1.29 is 0 Å². The highest BCUT2D eigenvalue weighted by molar-refractivity contribution is 5.44. The topological polar surface area (TPSA) is 143 Å². The Morgan fingerprint density at radius 2 is 0.650 bits per heavy atom. The first-order valence-corrected chi connectivity index (χ1v) is 5.59. The van der Waals surface area contributed by atoms with Gasteiger partial charge in [0, 0.05) is 0 Å². The molecule has 6 heteroatoms. The lowest BCUT2D eigenvalue weighted by Crippen LogP contribution is -2.55. The molecule has 0 aromatic heterocycles. The van der Waals surface area contributed by atoms with Gasteiger partial charge in [-0.15, -0.1) is 0 Å². The highest BCUT2D eigenvalue weighted by Gasteiger charge is 2.69. The van der Waals surface area contributed by atoms with Crippen molar-refractivity contribution in [2.75, 3.05) is 0 Å². The van der Waals surface area contributed by atoms with Crippen LogP contribution in [0.25, 0.3) is 0 Å². The quantitative estimate of drug-likeness (QED) is 0.763. The van der Waals surface area contributed by atoms with Crippen LogP contribution in [0.1, 0.15) is 27.7 Å². The van der Waals surface area contributed by atoms with Crippen LogP contribution in [0.2, 0.25) is 0 Å². The van der Waals surface area contributed by atoms with Crippen molar-refractivity contribution >= 4 is 0 Å². The Labute approximate surface area is 118 Å². The van der Waals surface area contributed by atoms with Gasteiger partial charge >= 0.3 is 0 Å². The van der Waals surface area contributed by atoms with E-state index in [1.165, 1.54) is 27.7 Å². The molecule has 0 bridgehead atoms. The van der Waals surface area contributed by atoms with Gasteiger partial charge in [-0.2, -0.15) is 31.6 Å². The molecule has 0 aliphatic rings. The molecule has 0 saturated carbocycles. The van der Waals surface area contributed by atoms with Gasteiger partial charge in [0.25, 0.3) is 0 Å². The average Bonchev–Trinajstić information content (AvgIpc) is 2.44. The SMILES string of the molecule is CC(C)(C#N)C(C#N)(C#N)C(C#N)(C#N)C(C)(C)C#N. The average molecular weight is 264 g/mol. The molecular formula is C14H12N6. The van der Waals surface area contributed by atoms with Gasteiger partial charge in [-0.1, -0.05) is 0 Å². The van der Waals surface area contributed by atoms with Gasteiger partial charge in [-0.3, -0.25) is 0 Å². The molecular weight excluding hydrogens is 252 g/mol. The zero-order valence-corrected chi connectivity index (χ0v) is 11.7. The van der Waals surface area contributed by atoms with Gasteiger partial charge in [-0.05, 0) is 27.7 Å². The largest absolute Gasteiger partial charge is 0.198 e. The molecule has 0 unspecified atom stereocenters. The highest BCUT2D eigenvalue weighted by Crippen LogP contribution is 2.58. The lowest BCUT2D eigenvalue weighted by atomic mass is 9.47. The molecule has 6 nitrogen and oxygen atoms in total. The Kier molecular flexibility index (Phi) is 4.15. The van der Waals surface area contributed by atoms with E-state index >= 15 is 0 Å². The summed E-state index contributed by atoms with van der Waals surface area (Å²) in [4.78, 5) is 0. The molecule has 0 heterocycles. The van der Waals surface area contributed by atoms with Gasteiger partial charge in [0.15, 0.2) is 10.8 Å². The van der Waals surface area contributed by atoms with Crippen molar-refractivity contribution in [1.29, 1.82) is 31.6 Å². The second-order valence-corrected chi connectivity index (χ2v) is 5.42. The van der Waals surface area contributed by atoms with Gasteiger partial charge in [0.2, 0.25) is 0 Å². The summed E-state index contributed by atoms with van der Waals surface area (Å²) in [7, 11) is 0. The van der Waals surface area contributed by atoms with Gasteiger partial charge in [0.05, 0.1) is 47.2 Å². The first-order valence-electron chi connectivity index (χ1n) is 5.59. The molecule has 0 rings (SSSR count). The van der Waals surface area contributed by atoms with Crippen LogP contribution >= 0.6 is 0 Å². The van der Waals surface area contributed by atoms with Gasteiger partial charge in [0.1, 0.15) is 0 Å². The van der Waals surface area contributed by atoms with Crippen LogP contribution < -0.4 is 0 Å². The Hall–Kier alpha value is -3.06. The molecule has 0 aliphatic carbocycles. The lowest BCUT2D eigenvalue weighted by molar-refractivity contribution is 0.0808. The van der Waals surface area contributed by atoms with Crippen LogP contribution in [0.15, 0.2) is 0 Å². The fourth-order valence-corrected chi connectivity index (χ4v) is 2.05. The lowest BCUT2D eigenvalue weighted by Gasteiger charge is -2.44. The monoisotopic (exact) mass is 264 g/mol. The first kappa shape index (κ1) is 16.9. The van der Waals surface area contributed by atoms with E-state index in [1.807, 2.05) is 0 Å². The molecule has 0 N–H and O–H groups in total. The molecule has 0 spiro atoms. The van der Waals surface area contributed by atoms with Crippen molar-refractivity contribution in [3.63, 3.8) is 0 Å². The summed E-state index contributed by atoms with van der Waals surface area (Å²) in [6.07, 6.45) is 0. The smallest absolute Gasteiger partial charge is 0.194 e. The van der Waals surface area contributed by atoms with Crippen LogP contribution in [-0.2, 0) is 0 Å². The third-order valence-corrected chi connectivity index (χ3v) is 3.67. The van der Waals surface area contributed by atoms with Crippen LogP contribution in [0, 0.1) is 89.6 Å². The summed E-state index contributed by atoms with van der Waals surface area (Å²) < 4.78 is 0. The fourth-order valence-electron chi connectivity index (χ4n) is 2.05. The maximum absolute atomic E-state index is 9.46. The van der Waals surface area contributed by atoms with E-state index in [0.29, 0.717) is 0 Å². The van der Waals surface area contributed by atoms with E-state index in [0.717, 1.165) is 0 Å². The highest BCUT2D eigenvalue weighted by atomic mass is 14.7. The normalized spacial score (nSPS) is 11.7. The predicted octanol–water partition coefficient (Wildman–Crippen LogP) is 2.15. The zero-order chi connectivity index (χ0) is 16.2. The number of hydrogen-bond acceptors (Lipinski definition) is 6. The van der Waals surface area contributed by atoms with Crippen molar-refractivity contribution in [2.24, 2.45) is 21.7 Å². The van der Waals surface area contributed by atoms with Crippen molar-refractivity contribution in [2.45, 2.75) is 27.7 Å². The van der Waals surface area contributed by atoms with Gasteiger partial charge < -0.3 is 0 Å². The van der Waals surface area contributed by atoms with Gasteiger partial charge in [-0.25, -0.2) is 0 Å². The standard InChI is InChI=1S/C14H12N6/c1-11(2,5-15)13(7-17,8-18)14(9-19,10-20)12(3,4)6-16/h1-4H3. The minimum Gasteiger partial charge on any atom is -0.198 e. The fraction of sp³-hybridized carbons (Fsp3) is 0.571. The second kappa shape index (κ2) is 4.90.